The molecular formula is C21H22N4O4. The number of carbonyl (C=O) groups is 1. The molecule has 0 atom stereocenters. The number of amides is 1. The van der Waals surface area contributed by atoms with Crippen LogP contribution in [0.5, 0.6) is 17.2 Å². The molecule has 0 saturated heterocycles. The van der Waals surface area contributed by atoms with E-state index in [1.807, 2.05) is 31.2 Å². The number of carbonyl (C=O) groups excluding carboxylic acids is 1. The molecule has 8 nitrogen and oxygen atoms in total. The van der Waals surface area contributed by atoms with Crippen molar-refractivity contribution in [2.24, 2.45) is 0 Å². The summed E-state index contributed by atoms with van der Waals surface area (Å²) >= 11 is 0. The number of ether oxygens (including phenoxy) is 3. The summed E-state index contributed by atoms with van der Waals surface area (Å²) in [6, 6.07) is 12.6. The number of anilines is 3. The zero-order chi connectivity index (χ0) is 20.8. The number of nitrogens with one attached hydrogen (secondary N) is 2. The average molecular weight is 394 g/mol. The summed E-state index contributed by atoms with van der Waals surface area (Å²) in [5, 5.41) is 5.91. The standard InChI is InChI=1S/C21H22N4O4/c1-13-7-5-6-8-15(13)24-21-22-10-9-16(25-21)20(26)23-14-11-17(27-2)19(29-4)18(12-14)28-3/h5-12H,1-4H3,(H,23,26)(H,22,24,25). The lowest BCUT2D eigenvalue weighted by Crippen LogP contribution is -2.15. The Balaban J connectivity index is 1.82. The van der Waals surface area contributed by atoms with E-state index in [9.17, 15) is 4.79 Å². The van der Waals surface area contributed by atoms with Crippen LogP contribution in [0.25, 0.3) is 0 Å². The van der Waals surface area contributed by atoms with Gasteiger partial charge in [-0.2, -0.15) is 0 Å². The lowest BCUT2D eigenvalue weighted by molar-refractivity contribution is 0.102. The molecule has 3 rings (SSSR count). The fraction of sp³-hybridized carbons (Fsp3) is 0.190. The molecule has 150 valence electrons. The van der Waals surface area contributed by atoms with E-state index in [2.05, 4.69) is 20.6 Å². The van der Waals surface area contributed by atoms with Crippen LogP contribution in [-0.2, 0) is 0 Å². The highest BCUT2D eigenvalue weighted by Crippen LogP contribution is 2.40. The topological polar surface area (TPSA) is 94.6 Å². The van der Waals surface area contributed by atoms with Crippen LogP contribution in [0.3, 0.4) is 0 Å². The Bertz CT molecular complexity index is 998. The third kappa shape index (κ3) is 4.55. The van der Waals surface area contributed by atoms with E-state index in [0.717, 1.165) is 11.3 Å². The molecule has 0 aliphatic rings. The summed E-state index contributed by atoms with van der Waals surface area (Å²) in [6.07, 6.45) is 1.53. The van der Waals surface area contributed by atoms with Gasteiger partial charge < -0.3 is 24.8 Å². The second-order valence-electron chi connectivity index (χ2n) is 6.07. The van der Waals surface area contributed by atoms with E-state index < -0.39 is 5.91 Å². The minimum Gasteiger partial charge on any atom is -0.493 e. The molecule has 1 amide bonds. The maximum absolute atomic E-state index is 12.7. The van der Waals surface area contributed by atoms with Crippen LogP contribution >= 0.6 is 0 Å². The molecule has 0 fully saturated rings. The summed E-state index contributed by atoms with van der Waals surface area (Å²) in [6.45, 7) is 1.98. The van der Waals surface area contributed by atoms with Crippen LogP contribution in [-0.4, -0.2) is 37.2 Å². The number of benzene rings is 2. The minimum atomic E-state index is -0.394. The van der Waals surface area contributed by atoms with Gasteiger partial charge in [0.1, 0.15) is 5.69 Å². The van der Waals surface area contributed by atoms with Crippen LogP contribution in [0.4, 0.5) is 17.3 Å². The third-order valence-electron chi connectivity index (χ3n) is 4.20. The van der Waals surface area contributed by atoms with Gasteiger partial charge in [-0.25, -0.2) is 9.97 Å². The normalized spacial score (nSPS) is 10.2. The molecule has 0 spiro atoms. The highest BCUT2D eigenvalue weighted by Gasteiger charge is 2.16. The molecule has 2 N–H and O–H groups in total. The molecule has 0 unspecified atom stereocenters. The summed E-state index contributed by atoms with van der Waals surface area (Å²) in [5.74, 6) is 1.25. The van der Waals surface area contributed by atoms with Crippen LogP contribution in [0.15, 0.2) is 48.7 Å². The largest absolute Gasteiger partial charge is 0.493 e. The van der Waals surface area contributed by atoms with Gasteiger partial charge in [-0.1, -0.05) is 18.2 Å². The summed E-state index contributed by atoms with van der Waals surface area (Å²) in [7, 11) is 4.54. The molecule has 29 heavy (non-hydrogen) atoms. The number of hydrogen-bond donors (Lipinski definition) is 2. The van der Waals surface area contributed by atoms with Crippen molar-refractivity contribution in [3.63, 3.8) is 0 Å². The van der Waals surface area contributed by atoms with Crippen molar-refractivity contribution in [1.29, 1.82) is 0 Å². The summed E-state index contributed by atoms with van der Waals surface area (Å²) in [4.78, 5) is 21.2. The molecule has 1 heterocycles. The van der Waals surface area contributed by atoms with Gasteiger partial charge in [0.25, 0.3) is 5.91 Å². The Morgan fingerprint density at radius 3 is 2.28 bits per heavy atom. The lowest BCUT2D eigenvalue weighted by Gasteiger charge is -2.14. The van der Waals surface area contributed by atoms with Crippen LogP contribution in [0, 0.1) is 6.92 Å². The van der Waals surface area contributed by atoms with Crippen LogP contribution in [0.1, 0.15) is 16.1 Å². The van der Waals surface area contributed by atoms with Crippen molar-refractivity contribution in [2.45, 2.75) is 6.92 Å². The lowest BCUT2D eigenvalue weighted by atomic mass is 10.2. The monoisotopic (exact) mass is 394 g/mol. The Labute approximate surface area is 168 Å². The van der Waals surface area contributed by atoms with Gasteiger partial charge in [0.15, 0.2) is 11.5 Å². The Morgan fingerprint density at radius 2 is 1.66 bits per heavy atom. The van der Waals surface area contributed by atoms with Gasteiger partial charge in [0, 0.05) is 29.7 Å². The zero-order valence-electron chi connectivity index (χ0n) is 16.6. The Hall–Kier alpha value is -3.81. The Morgan fingerprint density at radius 1 is 0.966 bits per heavy atom. The molecule has 0 aliphatic carbocycles. The quantitative estimate of drug-likeness (QED) is 0.629. The molecule has 0 saturated carbocycles. The minimum absolute atomic E-state index is 0.213. The number of para-hydroxylation sites is 1. The van der Waals surface area contributed by atoms with E-state index in [1.54, 1.807) is 12.1 Å². The van der Waals surface area contributed by atoms with Crippen molar-refractivity contribution in [1.82, 2.24) is 9.97 Å². The second-order valence-corrected chi connectivity index (χ2v) is 6.07. The highest BCUT2D eigenvalue weighted by atomic mass is 16.5. The van der Waals surface area contributed by atoms with Crippen molar-refractivity contribution in [2.75, 3.05) is 32.0 Å². The molecule has 0 bridgehead atoms. The SMILES string of the molecule is COc1cc(NC(=O)c2ccnc(Nc3ccccc3C)n2)cc(OC)c1OC. The van der Waals surface area contributed by atoms with Gasteiger partial charge >= 0.3 is 0 Å². The number of aromatic nitrogens is 2. The predicted octanol–water partition coefficient (Wildman–Crippen LogP) is 3.81. The van der Waals surface area contributed by atoms with Gasteiger partial charge in [0.05, 0.1) is 21.3 Å². The third-order valence-corrected chi connectivity index (χ3v) is 4.20. The average Bonchev–Trinajstić information content (AvgIpc) is 2.74. The first-order valence-corrected chi connectivity index (χ1v) is 8.82. The van der Waals surface area contributed by atoms with Crippen molar-refractivity contribution in [3.8, 4) is 17.2 Å². The first kappa shape index (κ1) is 19.9. The Kier molecular flexibility index (Phi) is 6.13. The summed E-state index contributed by atoms with van der Waals surface area (Å²) < 4.78 is 15.9. The molecule has 1 aromatic heterocycles. The van der Waals surface area contributed by atoms with E-state index in [1.165, 1.54) is 33.6 Å². The number of aryl methyl sites for hydroxylation is 1. The van der Waals surface area contributed by atoms with E-state index >= 15 is 0 Å². The van der Waals surface area contributed by atoms with E-state index in [0.29, 0.717) is 28.9 Å². The summed E-state index contributed by atoms with van der Waals surface area (Å²) in [5.41, 5.74) is 2.61. The predicted molar refractivity (Wildman–Crippen MR) is 111 cm³/mol. The molecule has 0 radical (unpaired) electrons. The second kappa shape index (κ2) is 8.92. The maximum Gasteiger partial charge on any atom is 0.274 e. The molecule has 2 aromatic carbocycles. The fourth-order valence-corrected chi connectivity index (χ4v) is 2.73. The van der Waals surface area contributed by atoms with Gasteiger partial charge in [-0.05, 0) is 24.6 Å². The zero-order valence-corrected chi connectivity index (χ0v) is 16.6. The highest BCUT2D eigenvalue weighted by molar-refractivity contribution is 6.03. The van der Waals surface area contributed by atoms with E-state index in [-0.39, 0.29) is 5.69 Å². The van der Waals surface area contributed by atoms with Crippen LogP contribution < -0.4 is 24.8 Å². The fourth-order valence-electron chi connectivity index (χ4n) is 2.73. The number of rotatable bonds is 7. The van der Waals surface area contributed by atoms with Crippen molar-refractivity contribution in [3.05, 3.63) is 59.9 Å². The maximum atomic E-state index is 12.7. The number of methoxy groups -OCH3 is 3. The van der Waals surface area contributed by atoms with Crippen LogP contribution in [0.2, 0.25) is 0 Å². The first-order valence-electron chi connectivity index (χ1n) is 8.82. The van der Waals surface area contributed by atoms with E-state index in [4.69, 9.17) is 14.2 Å². The molecule has 0 aliphatic heterocycles. The first-order chi connectivity index (χ1) is 14.0. The van der Waals surface area contributed by atoms with Crippen molar-refractivity contribution >= 4 is 23.2 Å². The number of hydrogen-bond acceptors (Lipinski definition) is 7. The smallest absolute Gasteiger partial charge is 0.274 e. The number of nitrogens with zero attached hydrogens (tertiary/aromatic N) is 2. The van der Waals surface area contributed by atoms with Gasteiger partial charge in [-0.15, -0.1) is 0 Å². The van der Waals surface area contributed by atoms with Gasteiger partial charge in [-0.3, -0.25) is 4.79 Å². The molecular weight excluding hydrogens is 372 g/mol. The van der Waals surface area contributed by atoms with Gasteiger partial charge in [0.2, 0.25) is 11.7 Å². The van der Waals surface area contributed by atoms with Crippen molar-refractivity contribution < 1.29 is 19.0 Å². The molecule has 8 heteroatoms. The molecule has 3 aromatic rings.